The number of carboxylic acid groups (broad SMARTS) is 1. The highest BCUT2D eigenvalue weighted by Crippen LogP contribution is 2.23. The first-order chi connectivity index (χ1) is 11.0. The number of amides is 1. The molecule has 23 heavy (non-hydrogen) atoms. The number of benzene rings is 1. The summed E-state index contributed by atoms with van der Waals surface area (Å²) in [6, 6.07) is 7.39. The standard InChI is InChI=1S/C17H23NO5/c1-2-7-23-14-5-3-4-13(9-14)10-15(19)18-17(11-16(20)21)6-8-22-12-17/h3-5,9H,2,6-8,10-12H2,1H3,(H,18,19)(H,20,21). The van der Waals surface area contributed by atoms with Gasteiger partial charge < -0.3 is 19.9 Å². The van der Waals surface area contributed by atoms with Crippen molar-refractivity contribution in [1.29, 1.82) is 0 Å². The van der Waals surface area contributed by atoms with Crippen LogP contribution in [0.5, 0.6) is 5.75 Å². The van der Waals surface area contributed by atoms with Crippen LogP contribution < -0.4 is 10.1 Å². The van der Waals surface area contributed by atoms with E-state index in [1.807, 2.05) is 31.2 Å². The summed E-state index contributed by atoms with van der Waals surface area (Å²) in [6.45, 7) is 3.37. The zero-order chi connectivity index (χ0) is 16.7. The molecule has 1 aromatic rings. The molecule has 1 aliphatic heterocycles. The van der Waals surface area contributed by atoms with Gasteiger partial charge in [0.05, 0.1) is 31.6 Å². The lowest BCUT2D eigenvalue weighted by atomic mass is 9.94. The molecule has 0 aliphatic carbocycles. The Morgan fingerprint density at radius 2 is 2.26 bits per heavy atom. The van der Waals surface area contributed by atoms with Crippen LogP contribution in [0.25, 0.3) is 0 Å². The normalized spacial score (nSPS) is 20.2. The summed E-state index contributed by atoms with van der Waals surface area (Å²) in [4.78, 5) is 23.3. The molecule has 0 aromatic heterocycles. The predicted octanol–water partition coefficient (Wildman–Crippen LogP) is 1.77. The van der Waals surface area contributed by atoms with Crippen molar-refractivity contribution in [2.75, 3.05) is 19.8 Å². The summed E-state index contributed by atoms with van der Waals surface area (Å²) in [7, 11) is 0. The third-order valence-electron chi connectivity index (χ3n) is 3.73. The lowest BCUT2D eigenvalue weighted by Crippen LogP contribution is -2.51. The van der Waals surface area contributed by atoms with Crippen LogP contribution in [0.3, 0.4) is 0 Å². The van der Waals surface area contributed by atoms with E-state index in [0.717, 1.165) is 17.7 Å². The van der Waals surface area contributed by atoms with Gasteiger partial charge in [-0.05, 0) is 30.5 Å². The number of carbonyl (C=O) groups excluding carboxylic acids is 1. The maximum atomic E-state index is 12.3. The monoisotopic (exact) mass is 321 g/mol. The first-order valence-corrected chi connectivity index (χ1v) is 7.85. The summed E-state index contributed by atoms with van der Waals surface area (Å²) < 4.78 is 10.8. The molecule has 126 valence electrons. The van der Waals surface area contributed by atoms with Gasteiger partial charge in [-0.25, -0.2) is 0 Å². The van der Waals surface area contributed by atoms with Gasteiger partial charge in [0.25, 0.3) is 0 Å². The van der Waals surface area contributed by atoms with Crippen molar-refractivity contribution in [3.63, 3.8) is 0 Å². The highest BCUT2D eigenvalue weighted by Gasteiger charge is 2.38. The number of nitrogens with one attached hydrogen (secondary N) is 1. The molecule has 1 aliphatic rings. The molecule has 6 heteroatoms. The Kier molecular flexibility index (Phi) is 5.98. The average Bonchev–Trinajstić information content (AvgIpc) is 2.92. The second-order valence-corrected chi connectivity index (χ2v) is 5.87. The Labute approximate surface area is 135 Å². The highest BCUT2D eigenvalue weighted by molar-refractivity contribution is 5.80. The Morgan fingerprint density at radius 3 is 2.91 bits per heavy atom. The SMILES string of the molecule is CCCOc1cccc(CC(=O)NC2(CC(=O)O)CCOC2)c1. The van der Waals surface area contributed by atoms with E-state index in [1.54, 1.807) is 0 Å². The number of aliphatic carboxylic acids is 1. The third-order valence-corrected chi connectivity index (χ3v) is 3.73. The number of carbonyl (C=O) groups is 2. The Balaban J connectivity index is 1.96. The molecule has 1 atom stereocenters. The third kappa shape index (κ3) is 5.25. The van der Waals surface area contributed by atoms with Crippen LogP contribution in [0.1, 0.15) is 31.7 Å². The first-order valence-electron chi connectivity index (χ1n) is 7.85. The van der Waals surface area contributed by atoms with E-state index >= 15 is 0 Å². The van der Waals surface area contributed by atoms with Crippen molar-refractivity contribution in [2.24, 2.45) is 0 Å². The van der Waals surface area contributed by atoms with Gasteiger partial charge in [0, 0.05) is 6.61 Å². The molecule has 1 saturated heterocycles. The van der Waals surface area contributed by atoms with Crippen molar-refractivity contribution in [1.82, 2.24) is 5.32 Å². The smallest absolute Gasteiger partial charge is 0.305 e. The van der Waals surface area contributed by atoms with Crippen molar-refractivity contribution in [2.45, 2.75) is 38.1 Å². The molecule has 2 rings (SSSR count). The molecule has 1 fully saturated rings. The fraction of sp³-hybridized carbons (Fsp3) is 0.529. The Bertz CT molecular complexity index is 552. The molecule has 1 heterocycles. The molecule has 6 nitrogen and oxygen atoms in total. The van der Waals surface area contributed by atoms with Crippen LogP contribution in [-0.4, -0.2) is 42.3 Å². The van der Waals surface area contributed by atoms with Gasteiger partial charge in [-0.2, -0.15) is 0 Å². The van der Waals surface area contributed by atoms with E-state index in [2.05, 4.69) is 5.32 Å². The van der Waals surface area contributed by atoms with Gasteiger partial charge in [0.2, 0.25) is 5.91 Å². The van der Waals surface area contributed by atoms with Gasteiger partial charge in [0.15, 0.2) is 0 Å². The average molecular weight is 321 g/mol. The van der Waals surface area contributed by atoms with E-state index in [0.29, 0.717) is 19.6 Å². The topological polar surface area (TPSA) is 84.9 Å². The van der Waals surface area contributed by atoms with Crippen LogP contribution in [0.4, 0.5) is 0 Å². The van der Waals surface area contributed by atoms with Gasteiger partial charge in [-0.3, -0.25) is 9.59 Å². The maximum absolute atomic E-state index is 12.3. The molecule has 1 amide bonds. The molecular weight excluding hydrogens is 298 g/mol. The molecule has 0 saturated carbocycles. The molecule has 0 radical (unpaired) electrons. The van der Waals surface area contributed by atoms with Crippen molar-refractivity contribution >= 4 is 11.9 Å². The van der Waals surface area contributed by atoms with Gasteiger partial charge in [-0.15, -0.1) is 0 Å². The van der Waals surface area contributed by atoms with Crippen molar-refractivity contribution in [3.8, 4) is 5.75 Å². The zero-order valence-corrected chi connectivity index (χ0v) is 13.3. The fourth-order valence-electron chi connectivity index (χ4n) is 2.67. The van der Waals surface area contributed by atoms with Crippen LogP contribution >= 0.6 is 0 Å². The Morgan fingerprint density at radius 1 is 1.43 bits per heavy atom. The number of ether oxygens (including phenoxy) is 2. The summed E-state index contributed by atoms with van der Waals surface area (Å²) >= 11 is 0. The largest absolute Gasteiger partial charge is 0.494 e. The summed E-state index contributed by atoms with van der Waals surface area (Å²) in [6.07, 6.45) is 1.50. The summed E-state index contributed by atoms with van der Waals surface area (Å²) in [5.41, 5.74) is 0.0414. The van der Waals surface area contributed by atoms with Gasteiger partial charge in [0.1, 0.15) is 5.75 Å². The highest BCUT2D eigenvalue weighted by atomic mass is 16.5. The van der Waals surface area contributed by atoms with Crippen LogP contribution in [0.15, 0.2) is 24.3 Å². The van der Waals surface area contributed by atoms with Crippen molar-refractivity contribution < 1.29 is 24.2 Å². The van der Waals surface area contributed by atoms with E-state index in [-0.39, 0.29) is 25.4 Å². The fourth-order valence-corrected chi connectivity index (χ4v) is 2.67. The quantitative estimate of drug-likeness (QED) is 0.762. The minimum Gasteiger partial charge on any atom is -0.494 e. The van der Waals surface area contributed by atoms with Crippen molar-refractivity contribution in [3.05, 3.63) is 29.8 Å². The maximum Gasteiger partial charge on any atom is 0.305 e. The minimum absolute atomic E-state index is 0.127. The van der Waals surface area contributed by atoms with E-state index < -0.39 is 11.5 Å². The molecule has 2 N–H and O–H groups in total. The van der Waals surface area contributed by atoms with Crippen LogP contribution in [0.2, 0.25) is 0 Å². The van der Waals surface area contributed by atoms with Gasteiger partial charge >= 0.3 is 5.97 Å². The molecule has 0 spiro atoms. The van der Waals surface area contributed by atoms with E-state index in [4.69, 9.17) is 14.6 Å². The second-order valence-electron chi connectivity index (χ2n) is 5.87. The first kappa shape index (κ1) is 17.3. The molecular formula is C17H23NO5. The number of rotatable bonds is 8. The predicted molar refractivity (Wildman–Crippen MR) is 84.5 cm³/mol. The summed E-state index contributed by atoms with van der Waals surface area (Å²) in [5, 5.41) is 11.9. The molecule has 1 unspecified atom stereocenters. The van der Waals surface area contributed by atoms with Crippen LogP contribution in [-0.2, 0) is 20.7 Å². The number of carboxylic acids is 1. The van der Waals surface area contributed by atoms with E-state index in [9.17, 15) is 9.59 Å². The lowest BCUT2D eigenvalue weighted by molar-refractivity contribution is -0.139. The second kappa shape index (κ2) is 7.97. The summed E-state index contributed by atoms with van der Waals surface area (Å²) in [5.74, 6) is -0.406. The van der Waals surface area contributed by atoms with Gasteiger partial charge in [-0.1, -0.05) is 19.1 Å². The molecule has 1 aromatic carbocycles. The number of hydrogen-bond acceptors (Lipinski definition) is 4. The lowest BCUT2D eigenvalue weighted by Gasteiger charge is -2.27. The Hall–Kier alpha value is -2.08. The minimum atomic E-state index is -0.939. The van der Waals surface area contributed by atoms with E-state index in [1.165, 1.54) is 0 Å². The zero-order valence-electron chi connectivity index (χ0n) is 13.3. The molecule has 0 bridgehead atoms. The van der Waals surface area contributed by atoms with Crippen LogP contribution in [0, 0.1) is 0 Å². The number of hydrogen-bond donors (Lipinski definition) is 2.